The van der Waals surface area contributed by atoms with Crippen molar-refractivity contribution in [2.75, 3.05) is 45.9 Å². The van der Waals surface area contributed by atoms with Crippen molar-refractivity contribution in [2.45, 2.75) is 38.4 Å². The van der Waals surface area contributed by atoms with Crippen molar-refractivity contribution >= 4 is 11.4 Å². The quantitative estimate of drug-likeness (QED) is 0.754. The zero-order chi connectivity index (χ0) is 19.3. The van der Waals surface area contributed by atoms with E-state index in [-0.39, 0.29) is 23.9 Å². The third-order valence-electron chi connectivity index (χ3n) is 6.46. The number of allylic oxidation sites excluding steroid dienone is 1. The molecule has 3 aliphatic rings. The molecule has 2 aliphatic heterocycles. The first kappa shape index (κ1) is 19.6. The predicted molar refractivity (Wildman–Crippen MR) is 110 cm³/mol. The van der Waals surface area contributed by atoms with E-state index in [0.29, 0.717) is 5.57 Å². The molecule has 28 heavy (non-hydrogen) atoms. The monoisotopic (exact) mass is 384 g/mol. The van der Waals surface area contributed by atoms with E-state index in [2.05, 4.69) is 16.7 Å². The van der Waals surface area contributed by atoms with Crippen LogP contribution in [0.25, 0.3) is 5.57 Å². The molecule has 0 aromatic heterocycles. The number of carbonyl (C=O) groups excluding carboxylic acids is 1. The lowest BCUT2D eigenvalue weighted by Crippen LogP contribution is -2.47. The highest BCUT2D eigenvalue weighted by molar-refractivity contribution is 6.22. The van der Waals surface area contributed by atoms with Gasteiger partial charge >= 0.3 is 0 Å². The minimum Gasteiger partial charge on any atom is -0.496 e. The summed E-state index contributed by atoms with van der Waals surface area (Å²) in [5, 5.41) is 0. The summed E-state index contributed by atoms with van der Waals surface area (Å²) in [5.41, 5.74) is 1.67. The molecule has 4 rings (SSSR count). The molecule has 2 heterocycles. The third-order valence-corrected chi connectivity index (χ3v) is 6.46. The number of hydrogen-bond acceptors (Lipinski definition) is 5. The molecule has 0 amide bonds. The minimum atomic E-state index is -0.0354. The Morgan fingerprint density at radius 1 is 1.07 bits per heavy atom. The molecule has 1 saturated carbocycles. The molecule has 5 heteroatoms. The third kappa shape index (κ3) is 4.48. The number of likely N-dealkylation sites (N-methyl/N-ethyl adjacent to an activating group) is 1. The van der Waals surface area contributed by atoms with Crippen molar-refractivity contribution in [1.82, 2.24) is 9.80 Å². The topological polar surface area (TPSA) is 42.0 Å². The molecule has 5 nitrogen and oxygen atoms in total. The van der Waals surface area contributed by atoms with Gasteiger partial charge in [-0.2, -0.15) is 0 Å². The fourth-order valence-electron chi connectivity index (χ4n) is 4.61. The Hall–Kier alpha value is -1.69. The van der Waals surface area contributed by atoms with Gasteiger partial charge in [0.25, 0.3) is 0 Å². The highest BCUT2D eigenvalue weighted by atomic mass is 16.5. The van der Waals surface area contributed by atoms with Gasteiger partial charge in [-0.05, 0) is 24.9 Å². The van der Waals surface area contributed by atoms with Gasteiger partial charge in [-0.1, -0.05) is 37.3 Å². The number of benzene rings is 1. The lowest BCUT2D eigenvalue weighted by Gasteiger charge is -2.38. The second-order valence-electron chi connectivity index (χ2n) is 8.12. The van der Waals surface area contributed by atoms with Crippen LogP contribution in [0.1, 0.15) is 31.7 Å². The van der Waals surface area contributed by atoms with Gasteiger partial charge in [0.15, 0.2) is 5.78 Å². The minimum absolute atomic E-state index is 0.0258. The Morgan fingerprint density at radius 3 is 2.57 bits per heavy atom. The number of fused-ring (bicyclic) bond motifs is 1. The van der Waals surface area contributed by atoms with Crippen LogP contribution in [-0.4, -0.2) is 73.7 Å². The van der Waals surface area contributed by atoms with Crippen LogP contribution >= 0.6 is 0 Å². The molecule has 1 saturated heterocycles. The van der Waals surface area contributed by atoms with Gasteiger partial charge in [0, 0.05) is 39.1 Å². The predicted octanol–water partition coefficient (Wildman–Crippen LogP) is 2.82. The molecule has 152 valence electrons. The Balaban J connectivity index is 1.24. The second kappa shape index (κ2) is 9.21. The normalized spacial score (nSPS) is 29.1. The first-order valence-corrected chi connectivity index (χ1v) is 10.8. The summed E-state index contributed by atoms with van der Waals surface area (Å²) >= 11 is 0. The first-order valence-electron chi connectivity index (χ1n) is 10.8. The van der Waals surface area contributed by atoms with Crippen molar-refractivity contribution in [3.63, 3.8) is 0 Å². The van der Waals surface area contributed by atoms with Gasteiger partial charge in [0.1, 0.15) is 6.10 Å². The number of nitrogens with zero attached hydrogens (tertiary/aromatic N) is 2. The molecule has 0 spiro atoms. The molecular formula is C23H32N2O3. The molecule has 3 unspecified atom stereocenters. The van der Waals surface area contributed by atoms with E-state index in [9.17, 15) is 4.79 Å². The van der Waals surface area contributed by atoms with Crippen LogP contribution in [0.3, 0.4) is 0 Å². The summed E-state index contributed by atoms with van der Waals surface area (Å²) in [6.07, 6.45) is 4.46. The molecule has 1 aromatic rings. The van der Waals surface area contributed by atoms with Gasteiger partial charge in [-0.3, -0.25) is 9.69 Å². The standard InChI is InChI=1S/C23H32N2O3/c1-2-24-10-12-25(13-11-24)14-15-27-19-8-9-20-22(16-19)28-17-21(23(20)26)18-6-4-3-5-7-18/h3-7,17,19-20,22H,2,8-16H2,1H3. The molecule has 3 atom stereocenters. The summed E-state index contributed by atoms with van der Waals surface area (Å²) in [4.78, 5) is 17.9. The summed E-state index contributed by atoms with van der Waals surface area (Å²) in [5.74, 6) is 0.205. The van der Waals surface area contributed by atoms with Crippen LogP contribution in [0.5, 0.6) is 0 Å². The van der Waals surface area contributed by atoms with Gasteiger partial charge in [-0.15, -0.1) is 0 Å². The van der Waals surface area contributed by atoms with Crippen molar-refractivity contribution in [3.8, 4) is 0 Å². The van der Waals surface area contributed by atoms with E-state index in [1.807, 2.05) is 30.3 Å². The van der Waals surface area contributed by atoms with Crippen molar-refractivity contribution in [3.05, 3.63) is 42.2 Å². The van der Waals surface area contributed by atoms with Crippen molar-refractivity contribution < 1.29 is 14.3 Å². The number of ether oxygens (including phenoxy) is 2. The summed E-state index contributed by atoms with van der Waals surface area (Å²) in [6.45, 7) is 9.74. The Bertz CT molecular complexity index is 682. The molecule has 1 aromatic carbocycles. The summed E-state index contributed by atoms with van der Waals surface area (Å²) in [6, 6.07) is 9.84. The SMILES string of the molecule is CCN1CCN(CCOC2CCC3C(=O)C(c4ccccc4)=COC3C2)CC1. The number of piperazine rings is 1. The zero-order valence-electron chi connectivity index (χ0n) is 16.9. The van der Waals surface area contributed by atoms with Crippen LogP contribution in [0, 0.1) is 5.92 Å². The van der Waals surface area contributed by atoms with E-state index in [1.54, 1.807) is 6.26 Å². The molecule has 0 bridgehead atoms. The largest absolute Gasteiger partial charge is 0.496 e. The molecule has 0 N–H and O–H groups in total. The number of carbonyl (C=O) groups is 1. The van der Waals surface area contributed by atoms with Gasteiger partial charge in [-0.25, -0.2) is 0 Å². The zero-order valence-corrected chi connectivity index (χ0v) is 16.9. The van der Waals surface area contributed by atoms with E-state index < -0.39 is 0 Å². The van der Waals surface area contributed by atoms with E-state index >= 15 is 0 Å². The maximum absolute atomic E-state index is 12.9. The fourth-order valence-corrected chi connectivity index (χ4v) is 4.61. The van der Waals surface area contributed by atoms with Crippen molar-refractivity contribution in [1.29, 1.82) is 0 Å². The molecular weight excluding hydrogens is 352 g/mol. The van der Waals surface area contributed by atoms with E-state index in [1.165, 1.54) is 0 Å². The van der Waals surface area contributed by atoms with Crippen LogP contribution < -0.4 is 0 Å². The molecule has 2 fully saturated rings. The van der Waals surface area contributed by atoms with Gasteiger partial charge < -0.3 is 14.4 Å². The second-order valence-corrected chi connectivity index (χ2v) is 8.12. The van der Waals surface area contributed by atoms with Crippen LogP contribution in [0.2, 0.25) is 0 Å². The van der Waals surface area contributed by atoms with Crippen LogP contribution in [0.4, 0.5) is 0 Å². The number of hydrogen-bond donors (Lipinski definition) is 0. The molecule has 0 radical (unpaired) electrons. The van der Waals surface area contributed by atoms with Crippen LogP contribution in [0.15, 0.2) is 36.6 Å². The van der Waals surface area contributed by atoms with Crippen molar-refractivity contribution in [2.24, 2.45) is 5.92 Å². The van der Waals surface area contributed by atoms with E-state index in [0.717, 1.165) is 70.7 Å². The smallest absolute Gasteiger partial charge is 0.173 e. The number of rotatable bonds is 6. The number of ketones is 1. The Morgan fingerprint density at radius 2 is 1.82 bits per heavy atom. The van der Waals surface area contributed by atoms with Crippen LogP contribution in [-0.2, 0) is 14.3 Å². The average Bonchev–Trinajstić information content (AvgIpc) is 2.75. The number of Topliss-reactive ketones (excluding diaryl/α,β-unsaturated/α-hetero) is 1. The highest BCUT2D eigenvalue weighted by Gasteiger charge is 2.40. The Kier molecular flexibility index (Phi) is 6.45. The van der Waals surface area contributed by atoms with Gasteiger partial charge in [0.05, 0.1) is 30.5 Å². The maximum Gasteiger partial charge on any atom is 0.173 e. The Labute approximate surface area is 168 Å². The highest BCUT2D eigenvalue weighted by Crippen LogP contribution is 2.37. The lowest BCUT2D eigenvalue weighted by molar-refractivity contribution is -0.128. The maximum atomic E-state index is 12.9. The summed E-state index contributed by atoms with van der Waals surface area (Å²) in [7, 11) is 0. The fraction of sp³-hybridized carbons (Fsp3) is 0.609. The molecule has 1 aliphatic carbocycles. The lowest BCUT2D eigenvalue weighted by atomic mass is 9.78. The van der Waals surface area contributed by atoms with Gasteiger partial charge in [0.2, 0.25) is 0 Å². The average molecular weight is 385 g/mol. The van der Waals surface area contributed by atoms with E-state index in [4.69, 9.17) is 9.47 Å². The first-order chi connectivity index (χ1) is 13.7. The summed E-state index contributed by atoms with van der Waals surface area (Å²) < 4.78 is 12.2.